The Bertz CT molecular complexity index is 1520. The third kappa shape index (κ3) is 7.77. The molecule has 0 fully saturated rings. The molecule has 2 N–H and O–H groups in total. The number of hydrogen-bond donors (Lipinski definition) is 2. The topological polar surface area (TPSA) is 95.9 Å². The first-order valence-corrected chi connectivity index (χ1v) is 14.1. The van der Waals surface area contributed by atoms with E-state index in [4.69, 9.17) is 16.3 Å². The molecule has 4 aromatic rings. The number of halogens is 1. The van der Waals surface area contributed by atoms with Gasteiger partial charge in [-0.05, 0) is 42.0 Å². The maximum atomic E-state index is 13.1. The average molecular weight is 585 g/mol. The number of rotatable bonds is 13. The van der Waals surface area contributed by atoms with E-state index in [0.29, 0.717) is 39.8 Å². The average Bonchev–Trinajstić information content (AvgIpc) is 3.00. The third-order valence-electron chi connectivity index (χ3n) is 6.69. The maximum Gasteiger partial charge on any atom is 0.326 e. The number of ether oxygens (including phenoxy) is 1. The summed E-state index contributed by atoms with van der Waals surface area (Å²) in [6.07, 6.45) is 0.187. The van der Waals surface area contributed by atoms with Gasteiger partial charge in [0.2, 0.25) is 5.91 Å². The minimum atomic E-state index is -1.04. The highest BCUT2D eigenvalue weighted by molar-refractivity contribution is 6.33. The zero-order valence-electron chi connectivity index (χ0n) is 23.5. The van der Waals surface area contributed by atoms with Crippen LogP contribution in [0, 0.1) is 5.92 Å². The first-order chi connectivity index (χ1) is 20.2. The Morgan fingerprint density at radius 3 is 2.17 bits per heavy atom. The summed E-state index contributed by atoms with van der Waals surface area (Å²) in [5.74, 6) is -0.895. The lowest BCUT2D eigenvalue weighted by atomic mass is 10.00. The Labute approximate surface area is 250 Å². The minimum Gasteiger partial charge on any atom is -0.492 e. The van der Waals surface area contributed by atoms with Crippen molar-refractivity contribution in [2.75, 3.05) is 23.4 Å². The van der Waals surface area contributed by atoms with Gasteiger partial charge in [-0.3, -0.25) is 9.59 Å². The van der Waals surface area contributed by atoms with Crippen molar-refractivity contribution in [3.63, 3.8) is 0 Å². The smallest absolute Gasteiger partial charge is 0.326 e. The number of benzene rings is 4. The Morgan fingerprint density at radius 1 is 0.857 bits per heavy atom. The molecule has 0 bridgehead atoms. The monoisotopic (exact) mass is 584 g/mol. The second kappa shape index (κ2) is 14.3. The van der Waals surface area contributed by atoms with Crippen molar-refractivity contribution in [3.8, 4) is 5.75 Å². The van der Waals surface area contributed by atoms with Gasteiger partial charge in [-0.15, -0.1) is 0 Å². The standard InChI is InChI=1S/C34H33ClN2O5/c1-23(2)33(39)37(31-15-9-7-13-28(31)35)20-21-42-26-18-16-24(17-19-26)22-30(34(40)41)36-29-14-8-6-12-27(29)32(38)25-10-4-3-5-11-25/h3-19,23,30,36H,20-22H2,1-2H3,(H,40,41)/t30-/m0/s1. The molecular formula is C34H33ClN2O5. The fraction of sp³-hybridized carbons (Fsp3) is 0.206. The normalized spacial score (nSPS) is 11.5. The molecule has 0 radical (unpaired) electrons. The summed E-state index contributed by atoms with van der Waals surface area (Å²) in [6, 6.07) is 29.2. The number of anilines is 2. The third-order valence-corrected chi connectivity index (χ3v) is 7.01. The van der Waals surface area contributed by atoms with Crippen LogP contribution in [0.15, 0.2) is 103 Å². The van der Waals surface area contributed by atoms with Crippen LogP contribution in [0.1, 0.15) is 35.3 Å². The molecule has 1 amide bonds. The van der Waals surface area contributed by atoms with E-state index in [9.17, 15) is 19.5 Å². The van der Waals surface area contributed by atoms with Crippen LogP contribution in [0.25, 0.3) is 0 Å². The molecule has 4 rings (SSSR count). The Morgan fingerprint density at radius 2 is 1.50 bits per heavy atom. The second-order valence-electron chi connectivity index (χ2n) is 10.1. The van der Waals surface area contributed by atoms with Crippen molar-refractivity contribution in [3.05, 3.63) is 125 Å². The van der Waals surface area contributed by atoms with E-state index in [-0.39, 0.29) is 30.6 Å². The summed E-state index contributed by atoms with van der Waals surface area (Å²) in [4.78, 5) is 39.7. The van der Waals surface area contributed by atoms with Crippen molar-refractivity contribution in [1.82, 2.24) is 0 Å². The van der Waals surface area contributed by atoms with Gasteiger partial charge in [0.05, 0.1) is 17.3 Å². The van der Waals surface area contributed by atoms with Crippen molar-refractivity contribution in [2.45, 2.75) is 26.3 Å². The predicted octanol–water partition coefficient (Wildman–Crippen LogP) is 6.75. The van der Waals surface area contributed by atoms with Gasteiger partial charge in [-0.2, -0.15) is 0 Å². The summed E-state index contributed by atoms with van der Waals surface area (Å²) in [5, 5.41) is 13.5. The fourth-order valence-electron chi connectivity index (χ4n) is 4.48. The van der Waals surface area contributed by atoms with Crippen LogP contribution in [0.4, 0.5) is 11.4 Å². The van der Waals surface area contributed by atoms with Gasteiger partial charge in [0, 0.05) is 29.2 Å². The first kappa shape index (κ1) is 30.3. The molecule has 42 heavy (non-hydrogen) atoms. The SMILES string of the molecule is CC(C)C(=O)N(CCOc1ccc(C[C@H](Nc2ccccc2C(=O)c2ccccc2)C(=O)O)cc1)c1ccccc1Cl. The summed E-state index contributed by atoms with van der Waals surface area (Å²) in [5.41, 5.74) is 2.80. The number of carboxylic acid groups (broad SMARTS) is 1. The molecule has 0 aromatic heterocycles. The molecular weight excluding hydrogens is 552 g/mol. The zero-order valence-corrected chi connectivity index (χ0v) is 24.3. The van der Waals surface area contributed by atoms with Gasteiger partial charge in [0.15, 0.2) is 5.78 Å². The summed E-state index contributed by atoms with van der Waals surface area (Å²) in [6.45, 7) is 4.23. The number of carbonyl (C=O) groups is 3. The van der Waals surface area contributed by atoms with E-state index >= 15 is 0 Å². The molecule has 0 saturated carbocycles. The van der Waals surface area contributed by atoms with Crippen LogP contribution in [0.3, 0.4) is 0 Å². The summed E-state index contributed by atoms with van der Waals surface area (Å²) < 4.78 is 5.91. The minimum absolute atomic E-state index is 0.0543. The number of para-hydroxylation sites is 2. The highest BCUT2D eigenvalue weighted by atomic mass is 35.5. The van der Waals surface area contributed by atoms with Gasteiger partial charge in [0.1, 0.15) is 18.4 Å². The van der Waals surface area contributed by atoms with Crippen LogP contribution in [-0.2, 0) is 16.0 Å². The van der Waals surface area contributed by atoms with Crippen molar-refractivity contribution in [2.24, 2.45) is 5.92 Å². The first-order valence-electron chi connectivity index (χ1n) is 13.7. The van der Waals surface area contributed by atoms with Crippen LogP contribution in [0.5, 0.6) is 5.75 Å². The number of amides is 1. The van der Waals surface area contributed by atoms with Gasteiger partial charge in [0.25, 0.3) is 0 Å². The number of hydrogen-bond acceptors (Lipinski definition) is 5. The molecule has 7 nitrogen and oxygen atoms in total. The van der Waals surface area contributed by atoms with Gasteiger partial charge in [-0.25, -0.2) is 4.79 Å². The number of ketones is 1. The fourth-order valence-corrected chi connectivity index (χ4v) is 4.72. The number of carboxylic acids is 1. The predicted molar refractivity (Wildman–Crippen MR) is 166 cm³/mol. The summed E-state index contributed by atoms with van der Waals surface area (Å²) >= 11 is 6.35. The van der Waals surface area contributed by atoms with Crippen LogP contribution >= 0.6 is 11.6 Å². The van der Waals surface area contributed by atoms with Gasteiger partial charge >= 0.3 is 5.97 Å². The second-order valence-corrected chi connectivity index (χ2v) is 10.5. The Hall–Kier alpha value is -4.62. The van der Waals surface area contributed by atoms with E-state index in [0.717, 1.165) is 5.56 Å². The molecule has 0 aliphatic carbocycles. The molecule has 0 aliphatic rings. The number of carbonyl (C=O) groups excluding carboxylic acids is 2. The van der Waals surface area contributed by atoms with Crippen LogP contribution in [-0.4, -0.2) is 42.0 Å². The molecule has 0 unspecified atom stereocenters. The van der Waals surface area contributed by atoms with Crippen molar-refractivity contribution in [1.29, 1.82) is 0 Å². The van der Waals surface area contributed by atoms with Crippen LogP contribution < -0.4 is 15.0 Å². The molecule has 0 heterocycles. The highest BCUT2D eigenvalue weighted by Gasteiger charge is 2.22. The summed E-state index contributed by atoms with van der Waals surface area (Å²) in [7, 11) is 0. The number of aliphatic carboxylic acids is 1. The molecule has 4 aromatic carbocycles. The van der Waals surface area contributed by atoms with Crippen molar-refractivity contribution < 1.29 is 24.2 Å². The van der Waals surface area contributed by atoms with E-state index in [2.05, 4.69) is 5.32 Å². The van der Waals surface area contributed by atoms with E-state index in [1.165, 1.54) is 0 Å². The zero-order chi connectivity index (χ0) is 30.1. The molecule has 0 aliphatic heterocycles. The quantitative estimate of drug-likeness (QED) is 0.169. The Balaban J connectivity index is 1.40. The van der Waals surface area contributed by atoms with E-state index in [1.54, 1.807) is 89.8 Å². The molecule has 0 spiro atoms. The van der Waals surface area contributed by atoms with E-state index < -0.39 is 12.0 Å². The number of nitrogens with one attached hydrogen (secondary N) is 1. The number of nitrogens with zero attached hydrogens (tertiary/aromatic N) is 1. The van der Waals surface area contributed by atoms with E-state index in [1.807, 2.05) is 32.0 Å². The highest BCUT2D eigenvalue weighted by Crippen LogP contribution is 2.27. The lowest BCUT2D eigenvalue weighted by molar-refractivity contribution is -0.137. The lowest BCUT2D eigenvalue weighted by Crippen LogP contribution is -2.37. The van der Waals surface area contributed by atoms with Gasteiger partial charge < -0.3 is 20.1 Å². The molecule has 216 valence electrons. The molecule has 8 heteroatoms. The lowest BCUT2D eigenvalue weighted by Gasteiger charge is -2.25. The van der Waals surface area contributed by atoms with Crippen molar-refractivity contribution >= 4 is 40.6 Å². The molecule has 1 atom stereocenters. The Kier molecular flexibility index (Phi) is 10.3. The molecule has 0 saturated heterocycles. The maximum absolute atomic E-state index is 13.1. The van der Waals surface area contributed by atoms with Crippen LogP contribution in [0.2, 0.25) is 5.02 Å². The van der Waals surface area contributed by atoms with Gasteiger partial charge in [-0.1, -0.05) is 92.2 Å². The largest absolute Gasteiger partial charge is 0.492 e.